The van der Waals surface area contributed by atoms with Crippen molar-refractivity contribution < 1.29 is 4.79 Å². The van der Waals surface area contributed by atoms with Gasteiger partial charge >= 0.3 is 0 Å². The van der Waals surface area contributed by atoms with E-state index in [1.165, 1.54) is 0 Å². The van der Waals surface area contributed by atoms with Crippen molar-refractivity contribution in [1.29, 1.82) is 0 Å². The number of halogens is 2. The highest BCUT2D eigenvalue weighted by atomic mass is 35.5. The maximum atomic E-state index is 11.9. The van der Waals surface area contributed by atoms with Gasteiger partial charge in [0.2, 0.25) is 5.91 Å². The molecule has 132 valence electrons. The van der Waals surface area contributed by atoms with Crippen molar-refractivity contribution in [1.82, 2.24) is 15.6 Å². The number of carbonyl (C=O) groups is 1. The van der Waals surface area contributed by atoms with Crippen molar-refractivity contribution in [2.75, 3.05) is 25.4 Å². The summed E-state index contributed by atoms with van der Waals surface area (Å²) in [5.74, 6) is 1.89. The van der Waals surface area contributed by atoms with Crippen molar-refractivity contribution >= 4 is 42.5 Å². The maximum Gasteiger partial charge on any atom is 0.220 e. The third-order valence-electron chi connectivity index (χ3n) is 3.97. The second kappa shape index (κ2) is 12.0. The van der Waals surface area contributed by atoms with Crippen LogP contribution in [0.15, 0.2) is 24.4 Å². The second-order valence-corrected chi connectivity index (χ2v) is 7.07. The van der Waals surface area contributed by atoms with Crippen molar-refractivity contribution in [2.24, 2.45) is 5.41 Å². The van der Waals surface area contributed by atoms with Gasteiger partial charge in [-0.3, -0.25) is 9.78 Å². The number of aromatic nitrogens is 1. The van der Waals surface area contributed by atoms with Gasteiger partial charge in [-0.05, 0) is 43.5 Å². The maximum absolute atomic E-state index is 11.9. The molecule has 1 aromatic rings. The Bertz CT molecular complexity index is 442. The molecule has 1 aliphatic heterocycles. The molecule has 1 saturated heterocycles. The molecule has 23 heavy (non-hydrogen) atoms. The van der Waals surface area contributed by atoms with E-state index < -0.39 is 0 Å². The Hall–Kier alpha value is -0.490. The highest BCUT2D eigenvalue weighted by Gasteiger charge is 2.26. The molecule has 1 aromatic heterocycles. The largest absolute Gasteiger partial charge is 0.356 e. The van der Waals surface area contributed by atoms with Crippen LogP contribution < -0.4 is 10.6 Å². The van der Waals surface area contributed by atoms with E-state index in [9.17, 15) is 4.79 Å². The molecule has 4 nitrogen and oxygen atoms in total. The molecule has 2 heterocycles. The molecule has 0 radical (unpaired) electrons. The van der Waals surface area contributed by atoms with Gasteiger partial charge in [-0.2, -0.15) is 11.8 Å². The zero-order valence-corrected chi connectivity index (χ0v) is 16.0. The predicted molar refractivity (Wildman–Crippen MR) is 103 cm³/mol. The molecular weight excluding hydrogens is 353 g/mol. The van der Waals surface area contributed by atoms with E-state index >= 15 is 0 Å². The van der Waals surface area contributed by atoms with Gasteiger partial charge in [-0.25, -0.2) is 0 Å². The summed E-state index contributed by atoms with van der Waals surface area (Å²) in [6.07, 6.45) is 4.68. The van der Waals surface area contributed by atoms with Gasteiger partial charge in [-0.15, -0.1) is 24.8 Å². The summed E-state index contributed by atoms with van der Waals surface area (Å²) in [5, 5.41) is 6.46. The summed E-state index contributed by atoms with van der Waals surface area (Å²) in [5.41, 5.74) is 1.34. The number of rotatable bonds is 7. The van der Waals surface area contributed by atoms with Gasteiger partial charge in [-0.1, -0.05) is 13.0 Å². The predicted octanol–water partition coefficient (Wildman–Crippen LogP) is 3.05. The lowest BCUT2D eigenvalue weighted by atomic mass is 9.81. The second-order valence-electron chi connectivity index (χ2n) is 5.96. The molecule has 0 bridgehead atoms. The van der Waals surface area contributed by atoms with Crippen molar-refractivity contribution in [3.63, 3.8) is 0 Å². The average molecular weight is 380 g/mol. The summed E-state index contributed by atoms with van der Waals surface area (Å²) in [7, 11) is 0. The molecular formula is C16H27Cl2N3OS. The van der Waals surface area contributed by atoms with Crippen LogP contribution in [0.5, 0.6) is 0 Å². The van der Waals surface area contributed by atoms with Crippen LogP contribution in [0, 0.1) is 5.41 Å². The fourth-order valence-corrected chi connectivity index (χ4v) is 3.29. The fourth-order valence-electron chi connectivity index (χ4n) is 2.43. The molecule has 1 fully saturated rings. The summed E-state index contributed by atoms with van der Waals surface area (Å²) < 4.78 is 0. The van der Waals surface area contributed by atoms with Gasteiger partial charge in [0.05, 0.1) is 5.69 Å². The summed E-state index contributed by atoms with van der Waals surface area (Å²) in [4.78, 5) is 16.2. The van der Waals surface area contributed by atoms with E-state index in [2.05, 4.69) is 22.5 Å². The quantitative estimate of drug-likeness (QED) is 0.714. The average Bonchev–Trinajstić information content (AvgIpc) is 2.51. The van der Waals surface area contributed by atoms with Crippen LogP contribution in [0.1, 0.15) is 31.9 Å². The normalized spacial score (nSPS) is 15.9. The van der Waals surface area contributed by atoms with E-state index in [0.29, 0.717) is 6.42 Å². The smallest absolute Gasteiger partial charge is 0.220 e. The van der Waals surface area contributed by atoms with Crippen LogP contribution in [-0.2, 0) is 10.5 Å². The number of carbonyl (C=O) groups excluding carboxylic acids is 1. The molecule has 7 heteroatoms. The van der Waals surface area contributed by atoms with Crippen molar-refractivity contribution in [2.45, 2.75) is 31.9 Å². The van der Waals surface area contributed by atoms with Gasteiger partial charge in [0.25, 0.3) is 0 Å². The van der Waals surface area contributed by atoms with E-state index in [-0.39, 0.29) is 36.1 Å². The number of hydrogen-bond acceptors (Lipinski definition) is 4. The molecule has 0 spiro atoms. The lowest BCUT2D eigenvalue weighted by Gasteiger charge is -2.34. The standard InChI is InChI=1S/C16H25N3OS.2ClH/c1-16(6-9-17-10-7-16)13-19-15(20)5-11-21-12-14-4-2-3-8-18-14;;/h2-4,8,17H,5-7,9-13H2,1H3,(H,19,20);2*1H. The van der Waals surface area contributed by atoms with Gasteiger partial charge in [0, 0.05) is 30.7 Å². The number of hydrogen-bond donors (Lipinski definition) is 2. The molecule has 2 N–H and O–H groups in total. The summed E-state index contributed by atoms with van der Waals surface area (Å²) in [6, 6.07) is 5.93. The summed E-state index contributed by atoms with van der Waals surface area (Å²) >= 11 is 1.76. The Labute approximate surface area is 155 Å². The highest BCUT2D eigenvalue weighted by molar-refractivity contribution is 7.98. The Balaban J connectivity index is 0.00000242. The topological polar surface area (TPSA) is 54.0 Å². The zero-order chi connectivity index (χ0) is 15.0. The number of pyridine rings is 1. The summed E-state index contributed by atoms with van der Waals surface area (Å²) in [6.45, 7) is 5.20. The van der Waals surface area contributed by atoms with Gasteiger partial charge in [0.1, 0.15) is 0 Å². The van der Waals surface area contributed by atoms with Crippen molar-refractivity contribution in [3.8, 4) is 0 Å². The first-order valence-electron chi connectivity index (χ1n) is 7.63. The minimum absolute atomic E-state index is 0. The monoisotopic (exact) mass is 379 g/mol. The first-order chi connectivity index (χ1) is 10.2. The number of piperidine rings is 1. The van der Waals surface area contributed by atoms with E-state index in [0.717, 1.165) is 49.7 Å². The molecule has 1 aliphatic rings. The zero-order valence-electron chi connectivity index (χ0n) is 13.5. The van der Waals surface area contributed by atoms with Crippen molar-refractivity contribution in [3.05, 3.63) is 30.1 Å². The molecule has 0 aromatic carbocycles. The molecule has 0 unspecified atom stereocenters. The van der Waals surface area contributed by atoms with Gasteiger partial charge in [0.15, 0.2) is 0 Å². The number of nitrogens with zero attached hydrogens (tertiary/aromatic N) is 1. The first kappa shape index (κ1) is 22.5. The third kappa shape index (κ3) is 8.80. The molecule has 0 saturated carbocycles. The number of amides is 1. The van der Waals surface area contributed by atoms with E-state index in [4.69, 9.17) is 0 Å². The lowest BCUT2D eigenvalue weighted by Crippen LogP contribution is -2.42. The highest BCUT2D eigenvalue weighted by Crippen LogP contribution is 2.26. The van der Waals surface area contributed by atoms with Crippen LogP contribution in [0.25, 0.3) is 0 Å². The Morgan fingerprint density at radius 2 is 2.09 bits per heavy atom. The van der Waals surface area contributed by atoms with Crippen LogP contribution in [0.4, 0.5) is 0 Å². The van der Waals surface area contributed by atoms with Gasteiger partial charge < -0.3 is 10.6 Å². The Morgan fingerprint density at radius 3 is 2.74 bits per heavy atom. The molecule has 2 rings (SSSR count). The van der Waals surface area contributed by atoms with Crippen LogP contribution in [-0.4, -0.2) is 36.3 Å². The third-order valence-corrected chi connectivity index (χ3v) is 4.97. The first-order valence-corrected chi connectivity index (χ1v) is 8.79. The van der Waals surface area contributed by atoms with Crippen LogP contribution >= 0.6 is 36.6 Å². The molecule has 0 aliphatic carbocycles. The fraction of sp³-hybridized carbons (Fsp3) is 0.625. The van der Waals surface area contributed by atoms with E-state index in [1.807, 2.05) is 24.4 Å². The molecule has 1 amide bonds. The number of thioether (sulfide) groups is 1. The minimum atomic E-state index is 0. The number of nitrogens with one attached hydrogen (secondary N) is 2. The Morgan fingerprint density at radius 1 is 1.35 bits per heavy atom. The van der Waals surface area contributed by atoms with E-state index in [1.54, 1.807) is 11.8 Å². The SMILES string of the molecule is CC1(CNC(=O)CCSCc2ccccn2)CCNCC1.Cl.Cl. The lowest BCUT2D eigenvalue weighted by molar-refractivity contribution is -0.121. The molecule has 0 atom stereocenters. The van der Waals surface area contributed by atoms with Crippen LogP contribution in [0.3, 0.4) is 0 Å². The van der Waals surface area contributed by atoms with Crippen LogP contribution in [0.2, 0.25) is 0 Å². The minimum Gasteiger partial charge on any atom is -0.356 e. The Kier molecular flexibility index (Phi) is 11.7.